The van der Waals surface area contributed by atoms with Crippen molar-refractivity contribution in [1.82, 2.24) is 0 Å². The molecule has 0 saturated heterocycles. The summed E-state index contributed by atoms with van der Waals surface area (Å²) in [5.41, 5.74) is 3.84. The van der Waals surface area contributed by atoms with Gasteiger partial charge in [-0.25, -0.2) is 0 Å². The van der Waals surface area contributed by atoms with Crippen LogP contribution in [0.1, 0.15) is 16.7 Å². The highest BCUT2D eigenvalue weighted by atomic mass is 31.0. The van der Waals surface area contributed by atoms with Crippen molar-refractivity contribution < 1.29 is 0 Å². The Kier molecular flexibility index (Phi) is 5.29. The Morgan fingerprint density at radius 2 is 0.714 bits per heavy atom. The summed E-state index contributed by atoms with van der Waals surface area (Å²) in [5, 5.41) is -0.205. The van der Waals surface area contributed by atoms with Crippen molar-refractivity contribution in [3.05, 3.63) is 108 Å². The lowest BCUT2D eigenvalue weighted by molar-refractivity contribution is 0.897. The van der Waals surface area contributed by atoms with Crippen LogP contribution < -0.4 is 0 Å². The molecule has 3 aromatic rings. The normalized spacial score (nSPS) is 10.7. The molecule has 2 unspecified atom stereocenters. The molecule has 0 amide bonds. The Labute approximate surface area is 132 Å². The van der Waals surface area contributed by atoms with E-state index in [1.165, 1.54) is 16.7 Å². The first-order valence-electron chi connectivity index (χ1n) is 6.77. The van der Waals surface area contributed by atoms with E-state index < -0.39 is 0 Å². The Bertz CT molecular complexity index is 567. The molecular weight excluding hydrogens is 290 g/mol. The average molecular weight is 310 g/mol. The number of hydrogen-bond acceptors (Lipinski definition) is 0. The molecule has 0 aromatic heterocycles. The summed E-state index contributed by atoms with van der Waals surface area (Å²) < 4.78 is 0. The minimum atomic E-state index is -0.205. The summed E-state index contributed by atoms with van der Waals surface area (Å²) in [6, 6.07) is 31.9. The highest BCUT2D eigenvalue weighted by Gasteiger charge is 2.30. The quantitative estimate of drug-likeness (QED) is 0.476. The van der Waals surface area contributed by atoms with Gasteiger partial charge in [0, 0.05) is 0 Å². The Morgan fingerprint density at radius 3 is 0.952 bits per heavy atom. The van der Waals surface area contributed by atoms with E-state index in [-0.39, 0.29) is 15.1 Å². The lowest BCUT2D eigenvalue weighted by Gasteiger charge is -2.31. The van der Waals surface area contributed by atoms with E-state index in [2.05, 4.69) is 100 Å². The second-order valence-electron chi connectivity index (χ2n) is 4.91. The fraction of sp³-hybridized carbons (Fsp3) is 0.0526. The predicted octanol–water partition coefficient (Wildman–Crippen LogP) is 4.91. The number of rotatable bonds is 3. The SMILES string of the molecule is P.PC(c1ccccc1)(c1ccccc1)c1ccccc1. The van der Waals surface area contributed by atoms with Crippen molar-refractivity contribution in [2.45, 2.75) is 5.16 Å². The van der Waals surface area contributed by atoms with Gasteiger partial charge in [0.25, 0.3) is 0 Å². The smallest absolute Gasteiger partial charge is 0.0591 e. The maximum absolute atomic E-state index is 3.06. The summed E-state index contributed by atoms with van der Waals surface area (Å²) >= 11 is 0. The van der Waals surface area contributed by atoms with E-state index in [4.69, 9.17) is 0 Å². The van der Waals surface area contributed by atoms with Gasteiger partial charge in [0.2, 0.25) is 0 Å². The van der Waals surface area contributed by atoms with Crippen molar-refractivity contribution >= 4 is 19.1 Å². The molecular formula is C19H20P2. The van der Waals surface area contributed by atoms with E-state index >= 15 is 0 Å². The van der Waals surface area contributed by atoms with E-state index in [0.717, 1.165) is 0 Å². The Morgan fingerprint density at radius 1 is 0.476 bits per heavy atom. The van der Waals surface area contributed by atoms with Gasteiger partial charge >= 0.3 is 0 Å². The van der Waals surface area contributed by atoms with Gasteiger partial charge in [-0.15, -0.1) is 9.24 Å². The van der Waals surface area contributed by atoms with Crippen LogP contribution in [0.25, 0.3) is 0 Å². The van der Waals surface area contributed by atoms with Crippen LogP contribution in [0.15, 0.2) is 91.0 Å². The van der Waals surface area contributed by atoms with Gasteiger partial charge in [-0.2, -0.15) is 9.90 Å². The molecule has 0 spiro atoms. The maximum Gasteiger partial charge on any atom is 0.0591 e. The van der Waals surface area contributed by atoms with E-state index in [0.29, 0.717) is 0 Å². The molecule has 0 saturated carbocycles. The van der Waals surface area contributed by atoms with Crippen molar-refractivity contribution in [2.24, 2.45) is 0 Å². The van der Waals surface area contributed by atoms with Crippen molar-refractivity contribution in [3.63, 3.8) is 0 Å². The Balaban J connectivity index is 0.00000161. The summed E-state index contributed by atoms with van der Waals surface area (Å²) in [6.07, 6.45) is 0. The molecule has 0 nitrogen and oxygen atoms in total. The third-order valence-corrected chi connectivity index (χ3v) is 4.69. The van der Waals surface area contributed by atoms with Crippen LogP contribution >= 0.6 is 19.1 Å². The van der Waals surface area contributed by atoms with Crippen LogP contribution in [-0.4, -0.2) is 0 Å². The fourth-order valence-electron chi connectivity index (χ4n) is 2.60. The maximum atomic E-state index is 3.06. The molecule has 0 radical (unpaired) electrons. The zero-order chi connectivity index (χ0) is 13.8. The van der Waals surface area contributed by atoms with Crippen LogP contribution in [0.3, 0.4) is 0 Å². The highest BCUT2D eigenvalue weighted by Crippen LogP contribution is 2.44. The van der Waals surface area contributed by atoms with Crippen LogP contribution in [0, 0.1) is 0 Å². The van der Waals surface area contributed by atoms with Crippen molar-refractivity contribution in [2.75, 3.05) is 0 Å². The minimum absolute atomic E-state index is 0. The van der Waals surface area contributed by atoms with Crippen molar-refractivity contribution in [1.29, 1.82) is 0 Å². The van der Waals surface area contributed by atoms with E-state index in [1.54, 1.807) is 0 Å². The first-order valence-corrected chi connectivity index (χ1v) is 7.35. The van der Waals surface area contributed by atoms with E-state index in [1.807, 2.05) is 0 Å². The highest BCUT2D eigenvalue weighted by molar-refractivity contribution is 7.19. The minimum Gasteiger partial charge on any atom is -0.153 e. The summed E-state index contributed by atoms with van der Waals surface area (Å²) in [5.74, 6) is 0. The van der Waals surface area contributed by atoms with Crippen molar-refractivity contribution in [3.8, 4) is 0 Å². The summed E-state index contributed by atoms with van der Waals surface area (Å²) in [7, 11) is 3.06. The topological polar surface area (TPSA) is 0 Å². The molecule has 0 aliphatic carbocycles. The van der Waals surface area contributed by atoms with Gasteiger partial charge in [0.1, 0.15) is 0 Å². The van der Waals surface area contributed by atoms with Gasteiger partial charge < -0.3 is 0 Å². The molecule has 2 heteroatoms. The molecule has 2 atom stereocenters. The van der Waals surface area contributed by atoms with Crippen LogP contribution in [-0.2, 0) is 5.16 Å². The fourth-order valence-corrected chi connectivity index (χ4v) is 3.18. The first-order chi connectivity index (χ1) is 9.82. The zero-order valence-corrected chi connectivity index (χ0v) is 14.5. The van der Waals surface area contributed by atoms with Gasteiger partial charge in [-0.3, -0.25) is 0 Å². The third kappa shape index (κ3) is 3.08. The van der Waals surface area contributed by atoms with Crippen LogP contribution in [0.2, 0.25) is 0 Å². The van der Waals surface area contributed by atoms with Crippen LogP contribution in [0.5, 0.6) is 0 Å². The standard InChI is InChI=1S/C19H17P.H3P/c20-19(16-10-4-1-5-11-16,17-12-6-2-7-13-17)18-14-8-3-9-15-18;/h1-15H,20H2;1H3. The lowest BCUT2D eigenvalue weighted by Crippen LogP contribution is -2.21. The third-order valence-electron chi connectivity index (χ3n) is 3.69. The molecule has 21 heavy (non-hydrogen) atoms. The van der Waals surface area contributed by atoms with Gasteiger partial charge in [0.05, 0.1) is 5.16 Å². The molecule has 0 aliphatic rings. The molecule has 3 aromatic carbocycles. The lowest BCUT2D eigenvalue weighted by atomic mass is 9.84. The Hall–Kier alpha value is -1.48. The molecule has 106 valence electrons. The average Bonchev–Trinajstić information content (AvgIpc) is 2.56. The number of benzene rings is 3. The summed E-state index contributed by atoms with van der Waals surface area (Å²) in [4.78, 5) is 0. The molecule has 0 fully saturated rings. The number of hydrogen-bond donors (Lipinski definition) is 0. The van der Waals surface area contributed by atoms with E-state index in [9.17, 15) is 0 Å². The van der Waals surface area contributed by atoms with Crippen LogP contribution in [0.4, 0.5) is 0 Å². The largest absolute Gasteiger partial charge is 0.153 e. The predicted molar refractivity (Wildman–Crippen MR) is 100 cm³/mol. The molecule has 0 heterocycles. The summed E-state index contributed by atoms with van der Waals surface area (Å²) in [6.45, 7) is 0. The monoisotopic (exact) mass is 310 g/mol. The van der Waals surface area contributed by atoms with Gasteiger partial charge in [-0.1, -0.05) is 91.0 Å². The van der Waals surface area contributed by atoms with Gasteiger partial charge in [0.15, 0.2) is 0 Å². The molecule has 0 aliphatic heterocycles. The van der Waals surface area contributed by atoms with Gasteiger partial charge in [-0.05, 0) is 16.7 Å². The molecule has 0 bridgehead atoms. The molecule has 0 N–H and O–H groups in total. The second kappa shape index (κ2) is 6.99. The molecule has 3 rings (SSSR count). The second-order valence-corrected chi connectivity index (χ2v) is 5.77. The zero-order valence-electron chi connectivity index (χ0n) is 11.9. The first kappa shape index (κ1) is 15.9.